The van der Waals surface area contributed by atoms with Crippen LogP contribution in [0.2, 0.25) is 0 Å². The zero-order chi connectivity index (χ0) is 7.84. The first-order valence-electron chi connectivity index (χ1n) is 3.52. The first-order valence-corrected chi connectivity index (χ1v) is 3.52. The van der Waals surface area contributed by atoms with Gasteiger partial charge in [-0.1, -0.05) is 12.1 Å². The van der Waals surface area contributed by atoms with Crippen molar-refractivity contribution in [2.45, 2.75) is 0 Å². The molecule has 0 N–H and O–H groups in total. The normalized spacial score (nSPS) is 9.75. The van der Waals surface area contributed by atoms with E-state index in [0.29, 0.717) is 0 Å². The average Bonchev–Trinajstić information content (AvgIpc) is 2.30. The third kappa shape index (κ3) is 1.47. The molecule has 0 amide bonds. The van der Waals surface area contributed by atoms with Gasteiger partial charge in [0.25, 0.3) is 0 Å². The van der Waals surface area contributed by atoms with Crippen LogP contribution < -0.4 is 0 Å². The summed E-state index contributed by atoms with van der Waals surface area (Å²) in [6.45, 7) is 3.81. The summed E-state index contributed by atoms with van der Waals surface area (Å²) in [6.07, 6.45) is 0. The summed E-state index contributed by atoms with van der Waals surface area (Å²) < 4.78 is 1.98. The van der Waals surface area contributed by atoms with Crippen LogP contribution in [0.25, 0.3) is 11.0 Å². The summed E-state index contributed by atoms with van der Waals surface area (Å²) >= 11 is 0. The third-order valence-corrected chi connectivity index (χ3v) is 1.88. The Morgan fingerprint density at radius 3 is 2.67 bits per heavy atom. The van der Waals surface area contributed by atoms with Crippen molar-refractivity contribution in [1.82, 2.24) is 9.55 Å². The molecule has 0 bridgehead atoms. The van der Waals surface area contributed by atoms with Gasteiger partial charge in [-0.2, -0.15) is 0 Å². The molecule has 0 aliphatic carbocycles. The molecule has 1 aromatic carbocycles. The molecular formula is C9H9HoN2-. The zero-order valence-electron chi connectivity index (χ0n) is 6.71. The first-order chi connectivity index (χ1) is 5.29. The van der Waals surface area contributed by atoms with E-state index >= 15 is 0 Å². The summed E-state index contributed by atoms with van der Waals surface area (Å²) in [4.78, 5) is 4.26. The van der Waals surface area contributed by atoms with Gasteiger partial charge in [0, 0.05) is 44.8 Å². The number of imidazole rings is 1. The largest absolute Gasteiger partial charge is 0.358 e. The van der Waals surface area contributed by atoms with Crippen molar-refractivity contribution in [3.05, 3.63) is 37.0 Å². The van der Waals surface area contributed by atoms with Crippen LogP contribution in [-0.4, -0.2) is 9.55 Å². The van der Waals surface area contributed by atoms with E-state index in [9.17, 15) is 0 Å². The smallest absolute Gasteiger partial charge is 0.0855 e. The second kappa shape index (κ2) is 3.69. The number of rotatable bonds is 0. The van der Waals surface area contributed by atoms with Crippen LogP contribution in [0.15, 0.2) is 24.3 Å². The van der Waals surface area contributed by atoms with Crippen LogP contribution in [0, 0.1) is 44.7 Å². The summed E-state index contributed by atoms with van der Waals surface area (Å²) in [5.74, 6) is 0.811. The van der Waals surface area contributed by atoms with Gasteiger partial charge in [0.05, 0.1) is 11.0 Å². The van der Waals surface area contributed by atoms with Gasteiger partial charge in [0.1, 0.15) is 0 Å². The predicted molar refractivity (Wildman–Crippen MR) is 45.2 cm³/mol. The van der Waals surface area contributed by atoms with Crippen LogP contribution in [0.1, 0.15) is 5.82 Å². The average molecular weight is 310 g/mol. The molecule has 67 valence electrons. The summed E-state index contributed by atoms with van der Waals surface area (Å²) in [6, 6.07) is 8.01. The maximum absolute atomic E-state index is 4.26. The molecule has 2 nitrogen and oxygen atoms in total. The molecule has 2 aromatic rings. The number of para-hydroxylation sites is 2. The molecule has 2 rings (SSSR count). The van der Waals surface area contributed by atoms with Gasteiger partial charge in [-0.3, -0.25) is 4.98 Å². The van der Waals surface area contributed by atoms with E-state index in [-0.39, 0.29) is 37.7 Å². The minimum atomic E-state index is 0. The fourth-order valence-corrected chi connectivity index (χ4v) is 1.20. The van der Waals surface area contributed by atoms with Gasteiger partial charge in [-0.05, 0) is 18.0 Å². The summed E-state index contributed by atoms with van der Waals surface area (Å²) in [5, 5.41) is 0. The van der Waals surface area contributed by atoms with Crippen LogP contribution in [0.3, 0.4) is 0 Å². The molecule has 3 heteroatoms. The van der Waals surface area contributed by atoms with Crippen LogP contribution in [-0.2, 0) is 7.05 Å². The molecular weight excluding hydrogens is 301 g/mol. The number of nitrogens with zero attached hydrogens (tertiary/aromatic N) is 2. The Hall–Kier alpha value is -0.180. The molecule has 1 radical (unpaired) electrons. The van der Waals surface area contributed by atoms with Crippen molar-refractivity contribution in [2.24, 2.45) is 7.05 Å². The number of aryl methyl sites for hydroxylation is 1. The molecule has 1 aromatic heterocycles. The van der Waals surface area contributed by atoms with Gasteiger partial charge in [0.2, 0.25) is 0 Å². The minimum Gasteiger partial charge on any atom is -0.358 e. The molecule has 0 unspecified atom stereocenters. The van der Waals surface area contributed by atoms with E-state index < -0.39 is 0 Å². The van der Waals surface area contributed by atoms with Crippen LogP contribution >= 0.6 is 0 Å². The molecule has 0 saturated heterocycles. The SMILES string of the molecule is [CH2-]c1nc2ccccc2n1C.[Ho]. The molecule has 0 aliphatic rings. The Balaban J connectivity index is 0.000000720. The Morgan fingerprint density at radius 2 is 2.00 bits per heavy atom. The maximum Gasteiger partial charge on any atom is 0.0855 e. The fourth-order valence-electron chi connectivity index (χ4n) is 1.20. The number of benzene rings is 1. The monoisotopic (exact) mass is 310 g/mol. The minimum absolute atomic E-state index is 0. The molecule has 0 aliphatic heterocycles. The van der Waals surface area contributed by atoms with Crippen LogP contribution in [0.5, 0.6) is 0 Å². The number of hydrogen-bond donors (Lipinski definition) is 0. The topological polar surface area (TPSA) is 17.8 Å². The number of aromatic nitrogens is 2. The van der Waals surface area contributed by atoms with E-state index in [1.807, 2.05) is 35.9 Å². The van der Waals surface area contributed by atoms with Gasteiger partial charge >= 0.3 is 0 Å². The Bertz CT molecular complexity index is 392. The first kappa shape index (κ1) is 9.90. The molecule has 1 heterocycles. The predicted octanol–water partition coefficient (Wildman–Crippen LogP) is 1.76. The van der Waals surface area contributed by atoms with E-state index in [1.54, 1.807) is 0 Å². The Kier molecular flexibility index (Phi) is 3.04. The zero-order valence-corrected chi connectivity index (χ0v) is 8.65. The van der Waals surface area contributed by atoms with E-state index in [0.717, 1.165) is 16.9 Å². The standard InChI is InChI=1S/C9H9N2.Ho/c1-7-10-8-5-3-4-6-9(8)11(7)2;/h3-6H,1H2,2H3;/q-1;. The van der Waals surface area contributed by atoms with E-state index in [1.165, 1.54) is 0 Å². The molecule has 12 heavy (non-hydrogen) atoms. The van der Waals surface area contributed by atoms with Crippen molar-refractivity contribution in [1.29, 1.82) is 0 Å². The Labute approximate surface area is 102 Å². The van der Waals surface area contributed by atoms with Gasteiger partial charge < -0.3 is 11.5 Å². The fraction of sp³-hybridized carbons (Fsp3) is 0.111. The quantitative estimate of drug-likeness (QED) is 0.535. The third-order valence-electron chi connectivity index (χ3n) is 1.88. The maximum atomic E-state index is 4.26. The molecule has 0 saturated carbocycles. The van der Waals surface area contributed by atoms with E-state index in [4.69, 9.17) is 0 Å². The second-order valence-electron chi connectivity index (χ2n) is 2.58. The van der Waals surface area contributed by atoms with Crippen molar-refractivity contribution in [3.8, 4) is 0 Å². The Morgan fingerprint density at radius 1 is 1.33 bits per heavy atom. The number of hydrogen-bond acceptors (Lipinski definition) is 1. The van der Waals surface area contributed by atoms with Crippen molar-refractivity contribution in [2.75, 3.05) is 0 Å². The summed E-state index contributed by atoms with van der Waals surface area (Å²) in [5.41, 5.74) is 2.15. The van der Waals surface area contributed by atoms with Crippen molar-refractivity contribution in [3.63, 3.8) is 0 Å². The number of fused-ring (bicyclic) bond motifs is 1. The molecule has 0 fully saturated rings. The van der Waals surface area contributed by atoms with Crippen molar-refractivity contribution < 1.29 is 37.7 Å². The summed E-state index contributed by atoms with van der Waals surface area (Å²) in [7, 11) is 1.97. The van der Waals surface area contributed by atoms with Gasteiger partial charge in [0.15, 0.2) is 0 Å². The van der Waals surface area contributed by atoms with Crippen LogP contribution in [0.4, 0.5) is 0 Å². The molecule has 0 spiro atoms. The second-order valence-corrected chi connectivity index (χ2v) is 2.58. The van der Waals surface area contributed by atoms with Gasteiger partial charge in [-0.25, -0.2) is 0 Å². The molecule has 0 atom stereocenters. The van der Waals surface area contributed by atoms with Crippen molar-refractivity contribution >= 4 is 11.0 Å². The van der Waals surface area contributed by atoms with Gasteiger partial charge in [-0.15, -0.1) is 0 Å². The van der Waals surface area contributed by atoms with E-state index in [2.05, 4.69) is 11.9 Å².